The van der Waals surface area contributed by atoms with Gasteiger partial charge in [-0.15, -0.1) is 0 Å². The summed E-state index contributed by atoms with van der Waals surface area (Å²) in [6.45, 7) is 0. The zero-order chi connectivity index (χ0) is 49.3. The lowest BCUT2D eigenvalue weighted by Gasteiger charge is -2.58. The summed E-state index contributed by atoms with van der Waals surface area (Å²) in [6, 6.07) is 0. The molecule has 0 saturated heterocycles. The second kappa shape index (κ2) is 30.2. The summed E-state index contributed by atoms with van der Waals surface area (Å²) in [6.07, 6.45) is 19.0. The van der Waals surface area contributed by atoms with Gasteiger partial charge in [0.1, 0.15) is 0 Å². The van der Waals surface area contributed by atoms with E-state index < -0.39 is 0 Å². The van der Waals surface area contributed by atoms with Crippen LogP contribution in [0.5, 0.6) is 0 Å². The zero-order valence-corrected chi connectivity index (χ0v) is 49.3. The molecular formula is H64B62. The predicted molar refractivity (Wildman–Crippen MR) is 446 cm³/mol. The first-order valence-corrected chi connectivity index (χ1v) is 28.1. The first kappa shape index (κ1) is 66.0. The Morgan fingerprint density at radius 1 is 0.0806 bits per heavy atom. The van der Waals surface area contributed by atoms with E-state index in [1.165, 1.54) is 0 Å². The highest BCUT2D eigenvalue weighted by atomic mass is 13.4. The van der Waals surface area contributed by atoms with Crippen molar-refractivity contribution < 1.29 is 0 Å². The van der Waals surface area contributed by atoms with Crippen molar-refractivity contribution in [2.75, 3.05) is 0 Å². The molecule has 0 aliphatic heterocycles. The normalized spacial score (nSPS) is 9.74. The van der Waals surface area contributed by atoms with Gasteiger partial charge >= 0.3 is 0 Å². The highest BCUT2D eigenvalue weighted by Gasteiger charge is 2.63. The van der Waals surface area contributed by atoms with Gasteiger partial charge in [-0.2, -0.15) is 0 Å². The maximum Gasteiger partial charge on any atom is 0.0552 e. The van der Waals surface area contributed by atoms with Crippen molar-refractivity contribution in [3.63, 3.8) is 0 Å². The van der Waals surface area contributed by atoms with Crippen LogP contribution in [0.1, 0.15) is 0 Å². The SMILES string of the molecule is BB(B)B(B(B)B)B(B(B(B)B)B(B)B)B(B(B(B(B)B)B(B)B)B(B(B)B)B(B)B)B(B(B(B(B)B)B(B)B)B(B(B)B)B(B)B)B(B(B(B)B)B(B)B)B(B(B)B)B(B)B. The van der Waals surface area contributed by atoms with Gasteiger partial charge in [0.15, 0.2) is 0 Å². The lowest BCUT2D eigenvalue weighted by molar-refractivity contribution is 3.16. The molecule has 0 spiro atoms. The number of rotatable bonds is 29. The van der Waals surface area contributed by atoms with Gasteiger partial charge in [-0.25, -0.2) is 0 Å². The molecule has 0 rings (SSSR count). The minimum atomic E-state index is 0.610. The standard InChI is InChI=1S/B62H64/c1-33(2)49(34(3)4)57(50(35(5)6)36(7)8)61(58(51(37(9)10)38(11)12)52(39(13)14)40(15)16)62(59(53(41(17)18)42(19)20)54(43(21)22)44(23)24)60(55(45(25)26)46(27)28)56(47(29)30)48(31)32/h1-32H2. The molecule has 0 aromatic heterocycles. The minimum absolute atomic E-state index is 0.610. The molecular weight excluding hydrogens is 670 g/mol. The quantitative estimate of drug-likeness (QED) is 0.0672. The summed E-state index contributed by atoms with van der Waals surface area (Å²) < 4.78 is 0. The Hall–Kier alpha value is 4.03. The fraction of sp³-hybridized carbons (Fsp3) is 0. The van der Waals surface area contributed by atoms with E-state index in [1.54, 1.807) is 0 Å². The van der Waals surface area contributed by atoms with Crippen molar-refractivity contribution in [2.45, 2.75) is 0 Å². The second-order valence-electron chi connectivity index (χ2n) is 28.0. The van der Waals surface area contributed by atoms with Crippen molar-refractivity contribution in [1.82, 2.24) is 0 Å². The second-order valence-corrected chi connectivity index (χ2v) is 28.0. The fourth-order valence-electron chi connectivity index (χ4n) is 17.9. The van der Waals surface area contributed by atoms with E-state index >= 15 is 0 Å². The molecule has 0 bridgehead atoms. The summed E-state index contributed by atoms with van der Waals surface area (Å²) >= 11 is 0. The number of hydrogen-bond donors (Lipinski definition) is 0. The fourth-order valence-corrected chi connectivity index (χ4v) is 17.9. The van der Waals surface area contributed by atoms with Crippen LogP contribution in [0.4, 0.5) is 0 Å². The summed E-state index contributed by atoms with van der Waals surface area (Å²) in [5.74, 6) is 0. The molecule has 0 aliphatic carbocycles. The molecule has 0 nitrogen and oxygen atoms in total. The van der Waals surface area contributed by atoms with Crippen LogP contribution in [0.15, 0.2) is 0 Å². The molecule has 0 aromatic rings. The van der Waals surface area contributed by atoms with Gasteiger partial charge in [-0.1, -0.05) is 0 Å². The van der Waals surface area contributed by atoms with E-state index in [4.69, 9.17) is 0 Å². The highest BCUT2D eigenvalue weighted by molar-refractivity contribution is 8.38. The maximum absolute atomic E-state index is 2.66. The molecule has 250 valence electrons. The van der Waals surface area contributed by atoms with E-state index in [0.29, 0.717) is 192 Å². The molecule has 62 heteroatoms. The molecule has 0 saturated carbocycles. The Morgan fingerprint density at radius 2 is 0.129 bits per heavy atom. The van der Waals surface area contributed by atoms with E-state index in [-0.39, 0.29) is 0 Å². The molecule has 0 fully saturated rings. The van der Waals surface area contributed by atoms with Crippen molar-refractivity contribution in [1.29, 1.82) is 0 Å². The molecule has 0 unspecified atom stereocenters. The average Bonchev–Trinajstić information content (AvgIpc) is 3.03. The topological polar surface area (TPSA) is 0 Å². The molecule has 0 N–H and O–H groups in total. The van der Waals surface area contributed by atoms with Crippen LogP contribution in [-0.2, 0) is 0 Å². The van der Waals surface area contributed by atoms with Crippen LogP contribution in [0, 0.1) is 0 Å². The summed E-state index contributed by atoms with van der Waals surface area (Å²) in [5, 5.41) is 0. The van der Waals surface area contributed by atoms with Crippen LogP contribution in [0.2, 0.25) is 0 Å². The monoisotopic (exact) mass is 747 g/mol. The maximum atomic E-state index is 2.66. The van der Waals surface area contributed by atoms with Gasteiger partial charge in [0, 0.05) is 192 Å². The predicted octanol–water partition coefficient (Wildman–Crippen LogP) is -40.7. The van der Waals surface area contributed by atoms with Gasteiger partial charge in [0.2, 0.25) is 0 Å². The van der Waals surface area contributed by atoms with Gasteiger partial charge in [0.25, 0.3) is 0 Å². The van der Waals surface area contributed by atoms with Crippen molar-refractivity contribution in [2.24, 2.45) is 0 Å². The Labute approximate surface area is 435 Å². The van der Waals surface area contributed by atoms with E-state index in [2.05, 4.69) is 248 Å². The van der Waals surface area contributed by atoms with Gasteiger partial charge in [-0.05, 0) is 0 Å². The average molecular weight is 735 g/mol. The highest BCUT2D eigenvalue weighted by Crippen LogP contribution is 2.25. The van der Waals surface area contributed by atoms with Crippen molar-refractivity contribution in [3.05, 3.63) is 0 Å². The van der Waals surface area contributed by atoms with Crippen molar-refractivity contribution >= 4 is 439 Å². The van der Waals surface area contributed by atoms with Crippen LogP contribution in [0.3, 0.4) is 0 Å². The first-order chi connectivity index (χ1) is 28.1. The van der Waals surface area contributed by atoms with Crippen molar-refractivity contribution in [3.8, 4) is 0 Å². The van der Waals surface area contributed by atoms with Gasteiger partial charge in [0.05, 0.1) is 248 Å². The molecule has 62 heavy (non-hydrogen) atoms. The minimum Gasteiger partial charge on any atom is 0.00000727 e. The van der Waals surface area contributed by atoms with E-state index in [9.17, 15) is 0 Å². The first-order valence-electron chi connectivity index (χ1n) is 28.1. The lowest BCUT2D eigenvalue weighted by atomic mass is 8.22. The molecule has 0 atom stereocenters. The Morgan fingerprint density at radius 3 is 0.177 bits per heavy atom. The molecule has 0 radical (unpaired) electrons. The Kier molecular flexibility index (Phi) is 32.1. The zero-order valence-electron chi connectivity index (χ0n) is 49.3. The molecule has 0 aromatic carbocycles. The Bertz CT molecular complexity index is 815. The lowest BCUT2D eigenvalue weighted by Crippen LogP contribution is -2.97. The van der Waals surface area contributed by atoms with Crippen LogP contribution in [-0.4, -0.2) is 439 Å². The van der Waals surface area contributed by atoms with Gasteiger partial charge in [-0.3, -0.25) is 0 Å². The molecule has 0 heterocycles. The van der Waals surface area contributed by atoms with Crippen LogP contribution < -0.4 is 0 Å². The van der Waals surface area contributed by atoms with E-state index in [1.807, 2.05) is 0 Å². The third-order valence-electron chi connectivity index (χ3n) is 18.1. The smallest absolute Gasteiger partial charge is 0.00000727 e. The summed E-state index contributed by atoms with van der Waals surface area (Å²) in [4.78, 5) is 0. The third-order valence-corrected chi connectivity index (χ3v) is 18.1. The van der Waals surface area contributed by atoms with Crippen LogP contribution in [0.25, 0.3) is 0 Å². The van der Waals surface area contributed by atoms with E-state index in [0.717, 1.165) is 0 Å². The summed E-state index contributed by atoms with van der Waals surface area (Å²) in [7, 11) is 85.0. The van der Waals surface area contributed by atoms with Gasteiger partial charge < -0.3 is 0 Å². The Balaban J connectivity index is 10.9. The number of hydrogen-bond acceptors (Lipinski definition) is 0. The third kappa shape index (κ3) is 17.7. The molecule has 0 aliphatic rings. The summed E-state index contributed by atoms with van der Waals surface area (Å²) in [5.41, 5.74) is 0. The largest absolute Gasteiger partial charge is 0.0552 e. The van der Waals surface area contributed by atoms with Crippen LogP contribution >= 0.6 is 0 Å². The molecule has 0 amide bonds.